The summed E-state index contributed by atoms with van der Waals surface area (Å²) in [5.41, 5.74) is 0.874. The fraction of sp³-hybridized carbons (Fsp3) is 0.636. The lowest BCUT2D eigenvalue weighted by molar-refractivity contribution is -0.131. The molecule has 1 aromatic rings. The second-order valence-electron chi connectivity index (χ2n) is 8.20. The van der Waals surface area contributed by atoms with Crippen molar-refractivity contribution in [3.05, 3.63) is 23.9 Å². The Bertz CT molecular complexity index is 778. The van der Waals surface area contributed by atoms with Gasteiger partial charge in [0.15, 0.2) is 0 Å². The molecule has 3 N–H and O–H groups in total. The normalized spacial score (nSPS) is 20.9. The minimum Gasteiger partial charge on any atom is -0.355 e. The average Bonchev–Trinajstić information content (AvgIpc) is 3.16. The van der Waals surface area contributed by atoms with Crippen LogP contribution in [0.15, 0.2) is 18.3 Å². The molecule has 8 nitrogen and oxygen atoms in total. The van der Waals surface area contributed by atoms with Crippen molar-refractivity contribution in [2.75, 3.05) is 18.5 Å². The molecule has 0 radical (unpaired) electrons. The lowest BCUT2D eigenvalue weighted by Gasteiger charge is -2.35. The van der Waals surface area contributed by atoms with Crippen LogP contribution < -0.4 is 20.9 Å². The number of aromatic nitrogens is 1. The Labute approximate surface area is 178 Å². The predicted octanol–water partition coefficient (Wildman–Crippen LogP) is 1.15. The quantitative estimate of drug-likeness (QED) is 0.620. The lowest BCUT2D eigenvalue weighted by atomic mass is 9.83. The minimum atomic E-state index is -0.668. The number of pyridine rings is 1. The van der Waals surface area contributed by atoms with Crippen molar-refractivity contribution in [1.82, 2.24) is 20.9 Å². The first-order valence-corrected chi connectivity index (χ1v) is 11.0. The smallest absolute Gasteiger partial charge is 0.251 e. The second-order valence-corrected chi connectivity index (χ2v) is 8.20. The molecule has 1 fully saturated rings. The van der Waals surface area contributed by atoms with Gasteiger partial charge in [0.25, 0.3) is 5.91 Å². The molecule has 1 saturated carbocycles. The van der Waals surface area contributed by atoms with Gasteiger partial charge in [-0.15, -0.1) is 0 Å². The van der Waals surface area contributed by atoms with Crippen LogP contribution >= 0.6 is 0 Å². The molecule has 0 aromatic carbocycles. The summed E-state index contributed by atoms with van der Waals surface area (Å²) in [6.07, 6.45) is 7.07. The van der Waals surface area contributed by atoms with Crippen molar-refractivity contribution in [2.45, 2.75) is 70.5 Å². The number of anilines is 1. The van der Waals surface area contributed by atoms with E-state index < -0.39 is 18.1 Å². The molecular weight excluding hydrogens is 382 g/mol. The lowest BCUT2D eigenvalue weighted by Crippen LogP contribution is -2.59. The van der Waals surface area contributed by atoms with Crippen molar-refractivity contribution in [2.24, 2.45) is 5.92 Å². The summed E-state index contributed by atoms with van der Waals surface area (Å²) in [5.74, 6) is -0.0674. The van der Waals surface area contributed by atoms with E-state index in [9.17, 15) is 14.4 Å². The van der Waals surface area contributed by atoms with E-state index in [1.165, 1.54) is 4.90 Å². The maximum atomic E-state index is 13.8. The van der Waals surface area contributed by atoms with Crippen LogP contribution in [0.5, 0.6) is 0 Å². The molecule has 2 heterocycles. The summed E-state index contributed by atoms with van der Waals surface area (Å²) in [5, 5.41) is 8.75. The van der Waals surface area contributed by atoms with E-state index in [-0.39, 0.29) is 23.6 Å². The van der Waals surface area contributed by atoms with Crippen LogP contribution in [0.1, 0.15) is 51.5 Å². The van der Waals surface area contributed by atoms with E-state index in [0.717, 1.165) is 37.7 Å². The number of fused-ring (bicyclic) bond motifs is 1. The van der Waals surface area contributed by atoms with Gasteiger partial charge in [0.2, 0.25) is 11.8 Å². The summed E-state index contributed by atoms with van der Waals surface area (Å²) >= 11 is 0. The number of rotatable bonds is 7. The van der Waals surface area contributed by atoms with Crippen molar-refractivity contribution >= 4 is 23.5 Å². The number of likely N-dealkylation sites (N-methyl/N-ethyl adjacent to an activating group) is 2. The van der Waals surface area contributed by atoms with Gasteiger partial charge < -0.3 is 16.0 Å². The highest BCUT2D eigenvalue weighted by molar-refractivity contribution is 6.06. The number of hydrogen-bond donors (Lipinski definition) is 3. The number of nitrogens with one attached hydrogen (secondary N) is 3. The van der Waals surface area contributed by atoms with Crippen LogP contribution in [0.2, 0.25) is 0 Å². The molecule has 3 amide bonds. The Kier molecular flexibility index (Phi) is 7.42. The summed E-state index contributed by atoms with van der Waals surface area (Å²) in [6.45, 7) is 4.11. The molecule has 3 atom stereocenters. The molecule has 0 spiro atoms. The minimum absolute atomic E-state index is 0.0573. The highest BCUT2D eigenvalue weighted by Crippen LogP contribution is 2.34. The summed E-state index contributed by atoms with van der Waals surface area (Å²) < 4.78 is 0. The van der Waals surface area contributed by atoms with Crippen molar-refractivity contribution < 1.29 is 14.4 Å². The van der Waals surface area contributed by atoms with Gasteiger partial charge in [0.05, 0.1) is 6.04 Å². The Morgan fingerprint density at radius 3 is 2.63 bits per heavy atom. The molecule has 1 aliphatic carbocycles. The molecular formula is C22H33N5O3. The first-order valence-electron chi connectivity index (χ1n) is 11.0. The Morgan fingerprint density at radius 2 is 1.97 bits per heavy atom. The van der Waals surface area contributed by atoms with E-state index in [4.69, 9.17) is 0 Å². The van der Waals surface area contributed by atoms with Gasteiger partial charge >= 0.3 is 0 Å². The van der Waals surface area contributed by atoms with Crippen LogP contribution in [0.3, 0.4) is 0 Å². The average molecular weight is 416 g/mol. The van der Waals surface area contributed by atoms with Crippen LogP contribution in [0.25, 0.3) is 0 Å². The predicted molar refractivity (Wildman–Crippen MR) is 115 cm³/mol. The van der Waals surface area contributed by atoms with Crippen LogP contribution in [0.4, 0.5) is 5.82 Å². The zero-order chi connectivity index (χ0) is 21.7. The summed E-state index contributed by atoms with van der Waals surface area (Å²) in [4.78, 5) is 45.2. The van der Waals surface area contributed by atoms with Crippen molar-refractivity contribution in [1.29, 1.82) is 0 Å². The number of hydrogen-bond acceptors (Lipinski definition) is 5. The number of carbonyl (C=O) groups is 3. The first-order chi connectivity index (χ1) is 14.5. The highest BCUT2D eigenvalue weighted by atomic mass is 16.2. The molecule has 30 heavy (non-hydrogen) atoms. The van der Waals surface area contributed by atoms with E-state index in [1.54, 1.807) is 20.2 Å². The van der Waals surface area contributed by atoms with Gasteiger partial charge in [0, 0.05) is 19.2 Å². The topological polar surface area (TPSA) is 103 Å². The van der Waals surface area contributed by atoms with Crippen LogP contribution in [-0.4, -0.2) is 54.4 Å². The summed E-state index contributed by atoms with van der Waals surface area (Å²) in [6, 6.07) is 1.99. The Hall–Kier alpha value is -2.48. The van der Waals surface area contributed by atoms with Gasteiger partial charge in [-0.1, -0.05) is 25.3 Å². The molecule has 0 bridgehead atoms. The maximum Gasteiger partial charge on any atom is 0.251 e. The van der Waals surface area contributed by atoms with Crippen molar-refractivity contribution in [3.63, 3.8) is 0 Å². The standard InChI is InChI=1S/C22H33N5O3/c1-4-24-21(29)17-13-16-11-8-12-25-19(16)27(17)22(30)18(15-9-6-5-7-10-15)26-20(28)14(2)23-3/h8,11-12,14-15,17-18,23H,4-7,9-10,13H2,1-3H3,(H,24,29)(H,26,28)/t14-,17?,18-/m0/s1. The van der Waals surface area contributed by atoms with Gasteiger partial charge in [-0.25, -0.2) is 4.98 Å². The number of nitrogens with zero attached hydrogens (tertiary/aromatic N) is 2. The van der Waals surface area contributed by atoms with Gasteiger partial charge in [-0.2, -0.15) is 0 Å². The molecule has 3 rings (SSSR count). The first kappa shape index (κ1) is 22.2. The molecule has 1 unspecified atom stereocenters. The monoisotopic (exact) mass is 415 g/mol. The Balaban J connectivity index is 1.93. The third-order valence-electron chi connectivity index (χ3n) is 6.22. The van der Waals surface area contributed by atoms with Gasteiger partial charge in [-0.3, -0.25) is 19.3 Å². The van der Waals surface area contributed by atoms with Crippen molar-refractivity contribution in [3.8, 4) is 0 Å². The Morgan fingerprint density at radius 1 is 1.23 bits per heavy atom. The fourth-order valence-corrected chi connectivity index (χ4v) is 4.42. The van der Waals surface area contributed by atoms with E-state index in [1.807, 2.05) is 19.1 Å². The fourth-order valence-electron chi connectivity index (χ4n) is 4.42. The van der Waals surface area contributed by atoms with E-state index in [2.05, 4.69) is 20.9 Å². The molecule has 164 valence electrons. The molecule has 2 aliphatic rings. The third-order valence-corrected chi connectivity index (χ3v) is 6.22. The largest absolute Gasteiger partial charge is 0.355 e. The van der Waals surface area contributed by atoms with Gasteiger partial charge in [-0.05, 0) is 51.3 Å². The van der Waals surface area contributed by atoms with Crippen LogP contribution in [0, 0.1) is 5.92 Å². The molecule has 8 heteroatoms. The van der Waals surface area contributed by atoms with Gasteiger partial charge in [0.1, 0.15) is 17.9 Å². The zero-order valence-corrected chi connectivity index (χ0v) is 18.1. The third kappa shape index (κ3) is 4.64. The van der Waals surface area contributed by atoms with E-state index in [0.29, 0.717) is 18.8 Å². The van der Waals surface area contributed by atoms with E-state index >= 15 is 0 Å². The number of amides is 3. The van der Waals surface area contributed by atoms with Crippen LogP contribution in [-0.2, 0) is 20.8 Å². The molecule has 1 aliphatic heterocycles. The molecule has 1 aromatic heterocycles. The maximum absolute atomic E-state index is 13.8. The SMILES string of the molecule is CCNC(=O)C1Cc2cccnc2N1C(=O)[C@@H](NC(=O)[C@H](C)NC)C1CCCCC1. The molecule has 0 saturated heterocycles. The summed E-state index contributed by atoms with van der Waals surface area (Å²) in [7, 11) is 1.72. The highest BCUT2D eigenvalue weighted by Gasteiger charge is 2.44. The zero-order valence-electron chi connectivity index (χ0n) is 18.1. The number of carbonyl (C=O) groups excluding carboxylic acids is 3. The second kappa shape index (κ2) is 10.0.